The summed E-state index contributed by atoms with van der Waals surface area (Å²) < 4.78 is 13.0. The molecule has 5 rings (SSSR count). The van der Waals surface area contributed by atoms with Crippen molar-refractivity contribution < 1.29 is 19.1 Å². The van der Waals surface area contributed by atoms with E-state index in [0.29, 0.717) is 17.7 Å². The van der Waals surface area contributed by atoms with E-state index in [1.165, 1.54) is 5.56 Å². The van der Waals surface area contributed by atoms with Gasteiger partial charge in [0.2, 0.25) is 11.8 Å². The van der Waals surface area contributed by atoms with Gasteiger partial charge in [0.1, 0.15) is 11.2 Å². The van der Waals surface area contributed by atoms with Gasteiger partial charge in [0, 0.05) is 31.0 Å². The van der Waals surface area contributed by atoms with E-state index in [1.54, 1.807) is 13.0 Å². The number of carbonyl (C=O) groups is 1. The molecule has 0 spiro atoms. The molecule has 1 aliphatic carbocycles. The fourth-order valence-electron chi connectivity index (χ4n) is 4.27. The third-order valence-electron chi connectivity index (χ3n) is 5.81. The van der Waals surface area contributed by atoms with Crippen molar-refractivity contribution in [3.05, 3.63) is 47.3 Å². The van der Waals surface area contributed by atoms with E-state index in [2.05, 4.69) is 22.3 Å². The van der Waals surface area contributed by atoms with Crippen LogP contribution in [-0.4, -0.2) is 39.1 Å². The molecule has 3 heterocycles. The molecular weight excluding hydrogens is 346 g/mol. The number of hydrogen-bond donors (Lipinski definition) is 1. The third-order valence-corrected chi connectivity index (χ3v) is 5.81. The lowest BCUT2D eigenvalue weighted by Gasteiger charge is -2.22. The first-order valence-electron chi connectivity index (χ1n) is 9.36. The predicted octanol–water partition coefficient (Wildman–Crippen LogP) is 3.46. The molecule has 27 heavy (non-hydrogen) atoms. The summed E-state index contributed by atoms with van der Waals surface area (Å²) in [6.07, 6.45) is 3.59. The number of aromatic carboxylic acids is 1. The maximum Gasteiger partial charge on any atom is 0.352 e. The Bertz CT molecular complexity index is 1030. The lowest BCUT2D eigenvalue weighted by Crippen LogP contribution is -2.23. The van der Waals surface area contributed by atoms with Crippen molar-refractivity contribution in [3.8, 4) is 0 Å². The molecular formula is C20H21N3O4. The molecule has 0 atom stereocenters. The van der Waals surface area contributed by atoms with Crippen LogP contribution in [-0.2, 0) is 10.3 Å². The van der Waals surface area contributed by atoms with Gasteiger partial charge in [-0.1, -0.05) is 6.07 Å². The largest absolute Gasteiger partial charge is 0.477 e. The van der Waals surface area contributed by atoms with Crippen molar-refractivity contribution in [2.24, 2.45) is 0 Å². The number of benzene rings is 1. The van der Waals surface area contributed by atoms with E-state index < -0.39 is 11.5 Å². The van der Waals surface area contributed by atoms with Gasteiger partial charge in [0.05, 0.1) is 0 Å². The van der Waals surface area contributed by atoms with Crippen LogP contribution in [0.5, 0.6) is 0 Å². The number of aryl methyl sites for hydroxylation is 1. The van der Waals surface area contributed by atoms with Gasteiger partial charge in [0.15, 0.2) is 0 Å². The Morgan fingerprint density at radius 3 is 2.63 bits per heavy atom. The fourth-order valence-corrected chi connectivity index (χ4v) is 4.27. The van der Waals surface area contributed by atoms with E-state index in [1.807, 2.05) is 10.6 Å². The highest BCUT2D eigenvalue weighted by Gasteiger charge is 2.53. The van der Waals surface area contributed by atoms with Crippen LogP contribution < -0.4 is 0 Å². The standard InChI is InChI=1S/C20H21N3O4/c1-12-21-22-19(27-12)20(6-7-20)23-16-3-2-14(13-4-8-26-9-5-13)10-15(16)11-17(23)18(24)25/h2-3,10-11,13H,4-9H2,1H3,(H,24,25). The Morgan fingerprint density at radius 2 is 2.00 bits per heavy atom. The van der Waals surface area contributed by atoms with Gasteiger partial charge in [-0.05, 0) is 55.4 Å². The van der Waals surface area contributed by atoms with Crippen LogP contribution >= 0.6 is 0 Å². The average molecular weight is 367 g/mol. The fraction of sp³-hybridized carbons (Fsp3) is 0.450. The maximum atomic E-state index is 12.0. The molecule has 2 aliphatic rings. The van der Waals surface area contributed by atoms with Crippen LogP contribution in [0.15, 0.2) is 28.7 Å². The number of carboxylic acids is 1. The second kappa shape index (κ2) is 5.92. The number of aromatic nitrogens is 3. The molecule has 1 saturated heterocycles. The van der Waals surface area contributed by atoms with Gasteiger partial charge in [-0.15, -0.1) is 10.2 Å². The zero-order valence-corrected chi connectivity index (χ0v) is 15.1. The zero-order valence-electron chi connectivity index (χ0n) is 15.1. The van der Waals surface area contributed by atoms with E-state index in [9.17, 15) is 9.90 Å². The molecule has 7 heteroatoms. The van der Waals surface area contributed by atoms with Crippen LogP contribution in [0, 0.1) is 6.92 Å². The first-order valence-corrected chi connectivity index (χ1v) is 9.36. The predicted molar refractivity (Wildman–Crippen MR) is 97.0 cm³/mol. The Morgan fingerprint density at radius 1 is 1.22 bits per heavy atom. The van der Waals surface area contributed by atoms with Crippen molar-refractivity contribution in [1.82, 2.24) is 14.8 Å². The summed E-state index contributed by atoms with van der Waals surface area (Å²) in [6, 6.07) is 8.05. The number of ether oxygens (including phenoxy) is 1. The van der Waals surface area contributed by atoms with Gasteiger partial charge in [0.25, 0.3) is 0 Å². The molecule has 0 amide bonds. The molecule has 2 aromatic heterocycles. The van der Waals surface area contributed by atoms with Gasteiger partial charge >= 0.3 is 5.97 Å². The van der Waals surface area contributed by atoms with E-state index in [0.717, 1.165) is 49.8 Å². The van der Waals surface area contributed by atoms with E-state index >= 15 is 0 Å². The first-order chi connectivity index (χ1) is 13.1. The lowest BCUT2D eigenvalue weighted by atomic mass is 9.91. The Balaban J connectivity index is 1.65. The number of fused-ring (bicyclic) bond motifs is 1. The number of carboxylic acid groups (broad SMARTS) is 1. The Labute approximate surface area is 155 Å². The van der Waals surface area contributed by atoms with Crippen LogP contribution in [0.25, 0.3) is 10.9 Å². The summed E-state index contributed by atoms with van der Waals surface area (Å²) >= 11 is 0. The van der Waals surface area contributed by atoms with Crippen LogP contribution in [0.4, 0.5) is 0 Å². The average Bonchev–Trinajstić information content (AvgIpc) is 3.19. The smallest absolute Gasteiger partial charge is 0.352 e. The molecule has 1 saturated carbocycles. The normalized spacial score (nSPS) is 19.4. The third kappa shape index (κ3) is 2.56. The van der Waals surface area contributed by atoms with E-state index in [-0.39, 0.29) is 5.69 Å². The summed E-state index contributed by atoms with van der Waals surface area (Å²) in [6.45, 7) is 3.31. The minimum atomic E-state index is -0.943. The van der Waals surface area contributed by atoms with Crippen molar-refractivity contribution in [2.45, 2.75) is 44.1 Å². The number of rotatable bonds is 4. The minimum Gasteiger partial charge on any atom is -0.477 e. The van der Waals surface area contributed by atoms with Crippen molar-refractivity contribution in [3.63, 3.8) is 0 Å². The van der Waals surface area contributed by atoms with Gasteiger partial charge < -0.3 is 18.8 Å². The van der Waals surface area contributed by atoms with Gasteiger partial charge in [-0.2, -0.15) is 0 Å². The molecule has 1 N–H and O–H groups in total. The molecule has 0 radical (unpaired) electrons. The minimum absolute atomic E-state index is 0.266. The second-order valence-corrected chi connectivity index (χ2v) is 7.53. The van der Waals surface area contributed by atoms with Crippen LogP contribution in [0.3, 0.4) is 0 Å². The highest BCUT2D eigenvalue weighted by molar-refractivity contribution is 5.95. The molecule has 140 valence electrons. The Hall–Kier alpha value is -2.67. The highest BCUT2D eigenvalue weighted by Crippen LogP contribution is 2.51. The number of hydrogen-bond acceptors (Lipinski definition) is 5. The molecule has 7 nitrogen and oxygen atoms in total. The molecule has 2 fully saturated rings. The summed E-state index contributed by atoms with van der Waals surface area (Å²) in [5, 5.41) is 18.9. The molecule has 1 aromatic carbocycles. The highest BCUT2D eigenvalue weighted by atomic mass is 16.5. The first kappa shape index (κ1) is 16.5. The summed E-state index contributed by atoms with van der Waals surface area (Å²) in [7, 11) is 0. The summed E-state index contributed by atoms with van der Waals surface area (Å²) in [4.78, 5) is 12.0. The quantitative estimate of drug-likeness (QED) is 0.759. The molecule has 3 aromatic rings. The molecule has 0 bridgehead atoms. The molecule has 0 unspecified atom stereocenters. The zero-order chi connectivity index (χ0) is 18.6. The monoisotopic (exact) mass is 367 g/mol. The SMILES string of the molecule is Cc1nnc(C2(n3c(C(=O)O)cc4cc(C5CCOCC5)ccc43)CC2)o1. The topological polar surface area (TPSA) is 90.4 Å². The second-order valence-electron chi connectivity index (χ2n) is 7.53. The van der Waals surface area contributed by atoms with Gasteiger partial charge in [-0.25, -0.2) is 4.79 Å². The Kier molecular flexibility index (Phi) is 3.62. The van der Waals surface area contributed by atoms with Crippen LogP contribution in [0.2, 0.25) is 0 Å². The van der Waals surface area contributed by atoms with Gasteiger partial charge in [-0.3, -0.25) is 0 Å². The summed E-state index contributed by atoms with van der Waals surface area (Å²) in [5.74, 6) is 0.509. The van der Waals surface area contributed by atoms with E-state index in [4.69, 9.17) is 9.15 Å². The maximum absolute atomic E-state index is 12.0. The number of nitrogens with zero attached hydrogens (tertiary/aromatic N) is 3. The van der Waals surface area contributed by atoms with Crippen molar-refractivity contribution in [2.75, 3.05) is 13.2 Å². The lowest BCUT2D eigenvalue weighted by molar-refractivity contribution is 0.0682. The van der Waals surface area contributed by atoms with Crippen molar-refractivity contribution >= 4 is 16.9 Å². The molecule has 1 aliphatic heterocycles. The van der Waals surface area contributed by atoms with Crippen LogP contribution in [0.1, 0.15) is 59.4 Å². The van der Waals surface area contributed by atoms with Crippen molar-refractivity contribution in [1.29, 1.82) is 0 Å². The summed E-state index contributed by atoms with van der Waals surface area (Å²) in [5.41, 5.74) is 1.87.